The lowest BCUT2D eigenvalue weighted by atomic mass is 10.2. The lowest BCUT2D eigenvalue weighted by Gasteiger charge is -2.13. The van der Waals surface area contributed by atoms with Gasteiger partial charge in [-0.25, -0.2) is 4.68 Å². The highest BCUT2D eigenvalue weighted by Gasteiger charge is 2.09. The van der Waals surface area contributed by atoms with E-state index in [1.54, 1.807) is 30.1 Å². The number of ether oxygens (including phenoxy) is 2. The van der Waals surface area contributed by atoms with Gasteiger partial charge in [-0.3, -0.25) is 4.79 Å². The number of nitrogens with zero attached hydrogens (tertiary/aromatic N) is 2. The number of carbonyl (C=O) groups is 1. The van der Waals surface area contributed by atoms with E-state index in [2.05, 4.69) is 10.4 Å². The van der Waals surface area contributed by atoms with Crippen molar-refractivity contribution in [3.05, 3.63) is 42.1 Å². The van der Waals surface area contributed by atoms with Crippen LogP contribution in [0.25, 0.3) is 6.08 Å². The predicted molar refractivity (Wildman–Crippen MR) is 99.0 cm³/mol. The van der Waals surface area contributed by atoms with Crippen molar-refractivity contribution < 1.29 is 14.3 Å². The molecule has 0 unspecified atom stereocenters. The van der Waals surface area contributed by atoms with Crippen molar-refractivity contribution in [2.24, 2.45) is 0 Å². The average Bonchev–Trinajstić information content (AvgIpc) is 3.01. The van der Waals surface area contributed by atoms with E-state index in [0.29, 0.717) is 17.3 Å². The number of hydrogen-bond donors (Lipinski definition) is 1. The Balaban J connectivity index is 2.08. The third-order valence-electron chi connectivity index (χ3n) is 3.39. The highest BCUT2D eigenvalue weighted by molar-refractivity contribution is 6.01. The largest absolute Gasteiger partial charge is 0.493 e. The summed E-state index contributed by atoms with van der Waals surface area (Å²) in [6.07, 6.45) is 4.94. The second-order valence-electron chi connectivity index (χ2n) is 6.15. The maximum absolute atomic E-state index is 12.1. The molecule has 1 aromatic carbocycles. The standard InChI is InChI=1S/C19H25N3O3/c1-13(2)22-18(10-11-20-22)21-19(23)9-7-15-6-8-16(25-14(3)4)17(12-15)24-5/h6-14H,1-5H3,(H,21,23). The molecule has 0 radical (unpaired) electrons. The van der Waals surface area contributed by atoms with Gasteiger partial charge in [-0.2, -0.15) is 5.10 Å². The van der Waals surface area contributed by atoms with Crippen molar-refractivity contribution in [2.75, 3.05) is 12.4 Å². The first-order valence-corrected chi connectivity index (χ1v) is 8.28. The summed E-state index contributed by atoms with van der Waals surface area (Å²) in [5.74, 6) is 1.76. The fourth-order valence-corrected chi connectivity index (χ4v) is 2.30. The Bertz CT molecular complexity index is 748. The Morgan fingerprint density at radius 3 is 2.60 bits per heavy atom. The van der Waals surface area contributed by atoms with Gasteiger partial charge in [-0.15, -0.1) is 0 Å². The molecule has 6 nitrogen and oxygen atoms in total. The smallest absolute Gasteiger partial charge is 0.249 e. The third-order valence-corrected chi connectivity index (χ3v) is 3.39. The average molecular weight is 343 g/mol. The summed E-state index contributed by atoms with van der Waals surface area (Å²) in [4.78, 5) is 12.1. The van der Waals surface area contributed by atoms with Gasteiger partial charge in [0.2, 0.25) is 5.91 Å². The number of methoxy groups -OCH3 is 1. The van der Waals surface area contributed by atoms with Crippen LogP contribution in [-0.4, -0.2) is 28.9 Å². The molecule has 0 spiro atoms. The lowest BCUT2D eigenvalue weighted by molar-refractivity contribution is -0.111. The minimum atomic E-state index is -0.219. The molecule has 134 valence electrons. The van der Waals surface area contributed by atoms with Crippen molar-refractivity contribution in [1.82, 2.24) is 9.78 Å². The fourth-order valence-electron chi connectivity index (χ4n) is 2.30. The van der Waals surface area contributed by atoms with Gasteiger partial charge >= 0.3 is 0 Å². The van der Waals surface area contributed by atoms with E-state index in [0.717, 1.165) is 5.56 Å². The van der Waals surface area contributed by atoms with E-state index in [9.17, 15) is 4.79 Å². The van der Waals surface area contributed by atoms with E-state index >= 15 is 0 Å². The van der Waals surface area contributed by atoms with Gasteiger partial charge in [-0.1, -0.05) is 6.07 Å². The van der Waals surface area contributed by atoms with Crippen molar-refractivity contribution in [3.8, 4) is 11.5 Å². The number of carbonyl (C=O) groups excluding carboxylic acids is 1. The summed E-state index contributed by atoms with van der Waals surface area (Å²) in [7, 11) is 1.59. The summed E-state index contributed by atoms with van der Waals surface area (Å²) in [6.45, 7) is 7.93. The molecule has 2 aromatic rings. The van der Waals surface area contributed by atoms with E-state index < -0.39 is 0 Å². The van der Waals surface area contributed by atoms with Gasteiger partial charge < -0.3 is 14.8 Å². The van der Waals surface area contributed by atoms with Crippen LogP contribution in [0.5, 0.6) is 11.5 Å². The number of nitrogens with one attached hydrogen (secondary N) is 1. The normalized spacial score (nSPS) is 11.3. The molecule has 0 atom stereocenters. The molecule has 1 N–H and O–H groups in total. The monoisotopic (exact) mass is 343 g/mol. The lowest BCUT2D eigenvalue weighted by Crippen LogP contribution is -2.14. The molecular formula is C19H25N3O3. The van der Waals surface area contributed by atoms with Crippen LogP contribution in [0.1, 0.15) is 39.3 Å². The number of rotatable bonds is 7. The van der Waals surface area contributed by atoms with Crippen molar-refractivity contribution in [3.63, 3.8) is 0 Å². The molecule has 0 aliphatic rings. The van der Waals surface area contributed by atoms with Crippen LogP contribution in [0.15, 0.2) is 36.5 Å². The summed E-state index contributed by atoms with van der Waals surface area (Å²) in [5, 5.41) is 7.02. The summed E-state index contributed by atoms with van der Waals surface area (Å²) >= 11 is 0. The van der Waals surface area contributed by atoms with E-state index in [1.165, 1.54) is 6.08 Å². The number of aromatic nitrogens is 2. The van der Waals surface area contributed by atoms with Gasteiger partial charge in [0.1, 0.15) is 5.82 Å². The molecule has 2 rings (SSSR count). The maximum atomic E-state index is 12.1. The first-order chi connectivity index (χ1) is 11.9. The van der Waals surface area contributed by atoms with Gasteiger partial charge in [-0.05, 0) is 51.5 Å². The van der Waals surface area contributed by atoms with Crippen LogP contribution in [0.3, 0.4) is 0 Å². The minimum absolute atomic E-state index is 0.0619. The van der Waals surface area contributed by atoms with E-state index in [1.807, 2.05) is 45.9 Å². The molecule has 0 saturated carbocycles. The summed E-state index contributed by atoms with van der Waals surface area (Å²) in [6, 6.07) is 7.49. The number of amides is 1. The second kappa shape index (κ2) is 8.37. The Morgan fingerprint density at radius 1 is 1.20 bits per heavy atom. The summed E-state index contributed by atoms with van der Waals surface area (Å²) < 4.78 is 12.8. The molecular weight excluding hydrogens is 318 g/mol. The van der Waals surface area contributed by atoms with Crippen molar-refractivity contribution in [1.29, 1.82) is 0 Å². The topological polar surface area (TPSA) is 65.4 Å². The highest BCUT2D eigenvalue weighted by Crippen LogP contribution is 2.29. The van der Waals surface area contributed by atoms with Crippen LogP contribution in [0.4, 0.5) is 5.82 Å². The first kappa shape index (κ1) is 18.6. The van der Waals surface area contributed by atoms with Crippen LogP contribution in [0.2, 0.25) is 0 Å². The van der Waals surface area contributed by atoms with Crippen LogP contribution in [-0.2, 0) is 4.79 Å². The Kier molecular flexibility index (Phi) is 6.22. The van der Waals surface area contributed by atoms with Crippen molar-refractivity contribution >= 4 is 17.8 Å². The SMILES string of the molecule is COc1cc(C=CC(=O)Nc2ccnn2C(C)C)ccc1OC(C)C. The summed E-state index contributed by atoms with van der Waals surface area (Å²) in [5.41, 5.74) is 0.848. The minimum Gasteiger partial charge on any atom is -0.493 e. The molecule has 0 bridgehead atoms. The van der Waals surface area contributed by atoms with Gasteiger partial charge in [0, 0.05) is 18.2 Å². The molecule has 0 aliphatic carbocycles. The molecule has 25 heavy (non-hydrogen) atoms. The van der Waals surface area contributed by atoms with Crippen LogP contribution in [0, 0.1) is 0 Å². The second-order valence-corrected chi connectivity index (χ2v) is 6.15. The molecule has 1 heterocycles. The third kappa shape index (κ3) is 5.11. The zero-order chi connectivity index (χ0) is 18.4. The van der Waals surface area contributed by atoms with Gasteiger partial charge in [0.05, 0.1) is 19.4 Å². The Labute approximate surface area is 148 Å². The number of benzene rings is 1. The van der Waals surface area contributed by atoms with Gasteiger partial charge in [0.25, 0.3) is 0 Å². The maximum Gasteiger partial charge on any atom is 0.249 e. The van der Waals surface area contributed by atoms with Crippen LogP contribution >= 0.6 is 0 Å². The van der Waals surface area contributed by atoms with E-state index in [4.69, 9.17) is 9.47 Å². The quantitative estimate of drug-likeness (QED) is 0.774. The molecule has 1 aromatic heterocycles. The van der Waals surface area contributed by atoms with E-state index in [-0.39, 0.29) is 18.1 Å². The molecule has 6 heteroatoms. The Morgan fingerprint density at radius 2 is 1.96 bits per heavy atom. The van der Waals surface area contributed by atoms with Crippen LogP contribution < -0.4 is 14.8 Å². The highest BCUT2D eigenvalue weighted by atomic mass is 16.5. The van der Waals surface area contributed by atoms with Gasteiger partial charge in [0.15, 0.2) is 11.5 Å². The molecule has 1 amide bonds. The number of hydrogen-bond acceptors (Lipinski definition) is 4. The first-order valence-electron chi connectivity index (χ1n) is 8.28. The Hall–Kier alpha value is -2.76. The zero-order valence-electron chi connectivity index (χ0n) is 15.3. The number of anilines is 1. The van der Waals surface area contributed by atoms with Crippen molar-refractivity contribution in [2.45, 2.75) is 39.8 Å². The molecule has 0 saturated heterocycles. The fraction of sp³-hybridized carbons (Fsp3) is 0.368. The predicted octanol–water partition coefficient (Wildman–Crippen LogP) is 3.91. The zero-order valence-corrected chi connectivity index (χ0v) is 15.3. The molecule has 0 aliphatic heterocycles. The molecule has 0 fully saturated rings.